The molecule has 37 heavy (non-hydrogen) atoms. The zero-order chi connectivity index (χ0) is 24.3. The van der Waals surface area contributed by atoms with Crippen molar-refractivity contribution in [3.05, 3.63) is 114 Å². The van der Waals surface area contributed by atoms with Crippen LogP contribution in [0.25, 0.3) is 70.4 Å². The average Bonchev–Trinajstić information content (AvgIpc) is 3.36. The summed E-state index contributed by atoms with van der Waals surface area (Å²) < 4.78 is 2.66. The van der Waals surface area contributed by atoms with Gasteiger partial charge in [0, 0.05) is 31.1 Å². The third-order valence-electron chi connectivity index (χ3n) is 7.57. The lowest BCUT2D eigenvalue weighted by atomic mass is 9.90. The van der Waals surface area contributed by atoms with Gasteiger partial charge >= 0.3 is 0 Å². The van der Waals surface area contributed by atoms with E-state index in [1.165, 1.54) is 53.2 Å². The summed E-state index contributed by atoms with van der Waals surface area (Å²) in [4.78, 5) is 10.2. The van der Waals surface area contributed by atoms with Gasteiger partial charge in [0.2, 0.25) is 0 Å². The Hall–Kier alpha value is -4.34. The summed E-state index contributed by atoms with van der Waals surface area (Å²) in [5, 5.41) is 5.08. The smallest absolute Gasteiger partial charge is 0.0968 e. The molecule has 0 saturated heterocycles. The highest BCUT2D eigenvalue weighted by Crippen LogP contribution is 2.41. The third kappa shape index (κ3) is 3.18. The molecule has 0 bridgehead atoms. The zero-order valence-corrected chi connectivity index (χ0v) is 20.9. The predicted octanol–water partition coefficient (Wildman–Crippen LogP) is 9.44. The SMILES string of the molecule is C1=Cc2c(c3nc(-c4cccc(-c5cccc6c5sc5ccccc56)c4)cnc3c3ccccc23)CC1. The summed E-state index contributed by atoms with van der Waals surface area (Å²) in [5.74, 6) is 0. The summed E-state index contributed by atoms with van der Waals surface area (Å²) in [6.45, 7) is 0. The molecule has 8 rings (SSSR count). The highest BCUT2D eigenvalue weighted by Gasteiger charge is 2.18. The minimum absolute atomic E-state index is 0.921. The van der Waals surface area contributed by atoms with E-state index in [2.05, 4.69) is 103 Å². The van der Waals surface area contributed by atoms with E-state index in [1.807, 2.05) is 17.5 Å². The molecule has 0 N–H and O–H groups in total. The van der Waals surface area contributed by atoms with Crippen LogP contribution in [0.3, 0.4) is 0 Å². The highest BCUT2D eigenvalue weighted by atomic mass is 32.1. The molecule has 0 fully saturated rings. The molecule has 1 aliphatic carbocycles. The van der Waals surface area contributed by atoms with Crippen molar-refractivity contribution in [3.8, 4) is 22.4 Å². The number of rotatable bonds is 2. The van der Waals surface area contributed by atoms with Crippen molar-refractivity contribution >= 4 is 59.4 Å². The van der Waals surface area contributed by atoms with Gasteiger partial charge in [0.1, 0.15) is 0 Å². The van der Waals surface area contributed by atoms with Gasteiger partial charge in [0.05, 0.1) is 22.9 Å². The first-order valence-electron chi connectivity index (χ1n) is 12.7. The van der Waals surface area contributed by atoms with Crippen LogP contribution >= 0.6 is 11.3 Å². The van der Waals surface area contributed by atoms with Gasteiger partial charge < -0.3 is 0 Å². The van der Waals surface area contributed by atoms with Gasteiger partial charge in [0.15, 0.2) is 0 Å². The summed E-state index contributed by atoms with van der Waals surface area (Å²) in [6.07, 6.45) is 8.52. The second-order valence-corrected chi connectivity index (χ2v) is 10.7. The Morgan fingerprint density at radius 2 is 1.46 bits per heavy atom. The fraction of sp³-hybridized carbons (Fsp3) is 0.0588. The van der Waals surface area contributed by atoms with Crippen LogP contribution in [0.1, 0.15) is 17.5 Å². The molecule has 0 radical (unpaired) electrons. The second-order valence-electron chi connectivity index (χ2n) is 9.69. The van der Waals surface area contributed by atoms with Crippen LogP contribution in [-0.4, -0.2) is 9.97 Å². The number of fused-ring (bicyclic) bond motifs is 9. The Morgan fingerprint density at radius 1 is 0.676 bits per heavy atom. The zero-order valence-electron chi connectivity index (χ0n) is 20.1. The third-order valence-corrected chi connectivity index (χ3v) is 8.79. The van der Waals surface area contributed by atoms with Gasteiger partial charge in [-0.1, -0.05) is 91.0 Å². The van der Waals surface area contributed by atoms with E-state index in [4.69, 9.17) is 9.97 Å². The normalized spacial score (nSPS) is 13.1. The lowest BCUT2D eigenvalue weighted by molar-refractivity contribution is 0.994. The van der Waals surface area contributed by atoms with Crippen LogP contribution in [-0.2, 0) is 6.42 Å². The van der Waals surface area contributed by atoms with Gasteiger partial charge in [0.25, 0.3) is 0 Å². The van der Waals surface area contributed by atoms with Gasteiger partial charge in [-0.15, -0.1) is 11.3 Å². The molecule has 0 atom stereocenters. The number of allylic oxidation sites excluding steroid dienone is 1. The Labute approximate surface area is 218 Å². The second kappa shape index (κ2) is 8.09. The number of hydrogen-bond donors (Lipinski definition) is 0. The lowest BCUT2D eigenvalue weighted by Gasteiger charge is -2.17. The number of aryl methyl sites for hydroxylation is 1. The minimum atomic E-state index is 0.921. The molecule has 3 heteroatoms. The van der Waals surface area contributed by atoms with Crippen molar-refractivity contribution in [2.24, 2.45) is 0 Å². The molecule has 1 aliphatic rings. The van der Waals surface area contributed by atoms with E-state index in [0.717, 1.165) is 35.1 Å². The quantitative estimate of drug-likeness (QED) is 0.226. The largest absolute Gasteiger partial charge is 0.252 e. The maximum atomic E-state index is 5.25. The summed E-state index contributed by atoms with van der Waals surface area (Å²) in [6, 6.07) is 32.7. The number of aromatic nitrogens is 2. The molecule has 2 aromatic heterocycles. The Morgan fingerprint density at radius 3 is 2.41 bits per heavy atom. The van der Waals surface area contributed by atoms with Crippen LogP contribution in [0.5, 0.6) is 0 Å². The van der Waals surface area contributed by atoms with Crippen LogP contribution in [0.2, 0.25) is 0 Å². The number of hydrogen-bond acceptors (Lipinski definition) is 3. The molecular weight excluding hydrogens is 468 g/mol. The first-order chi connectivity index (χ1) is 18.3. The Bertz CT molecular complexity index is 2050. The molecule has 0 spiro atoms. The molecule has 2 heterocycles. The molecule has 0 saturated carbocycles. The molecule has 174 valence electrons. The maximum Gasteiger partial charge on any atom is 0.0968 e. The summed E-state index contributed by atoms with van der Waals surface area (Å²) >= 11 is 1.87. The number of nitrogens with zero attached hydrogens (tertiary/aromatic N) is 2. The van der Waals surface area contributed by atoms with E-state index in [0.29, 0.717) is 0 Å². The molecular formula is C34H22N2S. The van der Waals surface area contributed by atoms with E-state index in [-0.39, 0.29) is 0 Å². The average molecular weight is 491 g/mol. The molecule has 7 aromatic rings. The number of benzene rings is 5. The number of thiophene rings is 1. The topological polar surface area (TPSA) is 25.8 Å². The fourth-order valence-electron chi connectivity index (χ4n) is 5.84. The Kier molecular flexibility index (Phi) is 4.55. The standard InChI is InChI=1S/C34H22N2S/c1-3-14-27-24(11-1)25-12-2-4-15-28(25)33-32(27)35-20-30(36-33)22-10-7-9-21(19-22)23-16-8-17-29-26-13-5-6-18-31(26)37-34(23)29/h1-3,5-14,16-20H,4,15H2. The minimum Gasteiger partial charge on any atom is -0.252 e. The molecule has 2 nitrogen and oxygen atoms in total. The van der Waals surface area contributed by atoms with E-state index < -0.39 is 0 Å². The monoisotopic (exact) mass is 490 g/mol. The van der Waals surface area contributed by atoms with Crippen molar-refractivity contribution in [2.75, 3.05) is 0 Å². The first-order valence-corrected chi connectivity index (χ1v) is 13.5. The maximum absolute atomic E-state index is 5.25. The fourth-order valence-corrected chi connectivity index (χ4v) is 7.08. The summed E-state index contributed by atoms with van der Waals surface area (Å²) in [5.41, 5.74) is 9.14. The van der Waals surface area contributed by atoms with Crippen molar-refractivity contribution in [1.29, 1.82) is 0 Å². The Balaban J connectivity index is 1.32. The van der Waals surface area contributed by atoms with Crippen molar-refractivity contribution in [1.82, 2.24) is 9.97 Å². The van der Waals surface area contributed by atoms with E-state index in [9.17, 15) is 0 Å². The first kappa shape index (κ1) is 20.8. The highest BCUT2D eigenvalue weighted by molar-refractivity contribution is 7.26. The van der Waals surface area contributed by atoms with Crippen molar-refractivity contribution in [2.45, 2.75) is 12.8 Å². The van der Waals surface area contributed by atoms with Crippen LogP contribution in [0, 0.1) is 0 Å². The van der Waals surface area contributed by atoms with Crippen molar-refractivity contribution < 1.29 is 0 Å². The van der Waals surface area contributed by atoms with Crippen LogP contribution < -0.4 is 0 Å². The molecule has 0 aliphatic heterocycles. The molecule has 5 aromatic carbocycles. The van der Waals surface area contributed by atoms with Crippen LogP contribution in [0.4, 0.5) is 0 Å². The molecule has 0 amide bonds. The van der Waals surface area contributed by atoms with Gasteiger partial charge in [-0.25, -0.2) is 4.98 Å². The van der Waals surface area contributed by atoms with Gasteiger partial charge in [-0.3, -0.25) is 4.98 Å². The van der Waals surface area contributed by atoms with Crippen molar-refractivity contribution in [3.63, 3.8) is 0 Å². The van der Waals surface area contributed by atoms with E-state index in [1.54, 1.807) is 0 Å². The molecule has 0 unspecified atom stereocenters. The van der Waals surface area contributed by atoms with Gasteiger partial charge in [-0.2, -0.15) is 0 Å². The lowest BCUT2D eigenvalue weighted by Crippen LogP contribution is -2.01. The summed E-state index contributed by atoms with van der Waals surface area (Å²) in [7, 11) is 0. The van der Waals surface area contributed by atoms with E-state index >= 15 is 0 Å². The van der Waals surface area contributed by atoms with Crippen LogP contribution in [0.15, 0.2) is 103 Å². The predicted molar refractivity (Wildman–Crippen MR) is 158 cm³/mol. The van der Waals surface area contributed by atoms with Gasteiger partial charge in [-0.05, 0) is 52.6 Å².